The van der Waals surface area contributed by atoms with Gasteiger partial charge in [0.2, 0.25) is 0 Å². The third-order valence-electron chi connectivity index (χ3n) is 13.7. The van der Waals surface area contributed by atoms with Gasteiger partial charge >= 0.3 is 0 Å². The van der Waals surface area contributed by atoms with Gasteiger partial charge in [-0.2, -0.15) is 0 Å². The van der Waals surface area contributed by atoms with Crippen LogP contribution in [-0.4, -0.2) is 0 Å². The van der Waals surface area contributed by atoms with Crippen LogP contribution in [-0.2, 0) is 21.7 Å². The van der Waals surface area contributed by atoms with Gasteiger partial charge in [-0.15, -0.1) is 11.3 Å². The van der Waals surface area contributed by atoms with Crippen LogP contribution in [0.25, 0.3) is 64.4 Å². The summed E-state index contributed by atoms with van der Waals surface area (Å²) in [5.74, 6) is 0. The first-order valence-electron chi connectivity index (χ1n) is 21.2. The summed E-state index contributed by atoms with van der Waals surface area (Å²) in [7, 11) is 0. The van der Waals surface area contributed by atoms with Gasteiger partial charge in [0.25, 0.3) is 0 Å². The molecule has 292 valence electrons. The smallest absolute Gasteiger partial charge is 0.137 e. The molecule has 11 rings (SSSR count). The van der Waals surface area contributed by atoms with Gasteiger partial charge in [-0.05, 0) is 121 Å². The van der Waals surface area contributed by atoms with Crippen molar-refractivity contribution in [2.24, 2.45) is 0 Å². The highest BCUT2D eigenvalue weighted by Crippen LogP contribution is 2.58. The first-order chi connectivity index (χ1) is 28.0. The fourth-order valence-corrected chi connectivity index (χ4v) is 11.9. The minimum atomic E-state index is -0.272. The van der Waals surface area contributed by atoms with Gasteiger partial charge in [0.05, 0.1) is 5.69 Å². The van der Waals surface area contributed by atoms with Crippen LogP contribution in [0.4, 0.5) is 17.1 Å². The second kappa shape index (κ2) is 12.0. The molecule has 0 atom stereocenters. The molecular weight excluding hydrogens is 735 g/mol. The van der Waals surface area contributed by atoms with Gasteiger partial charge in [-0.25, -0.2) is 0 Å². The minimum absolute atomic E-state index is 0.0360. The van der Waals surface area contributed by atoms with E-state index in [9.17, 15) is 0 Å². The number of furan rings is 1. The number of benzene rings is 7. The number of hydrogen-bond acceptors (Lipinski definition) is 3. The summed E-state index contributed by atoms with van der Waals surface area (Å²) in [6, 6.07) is 48.2. The SMILES string of the molecule is CC(C)(C)c1cc(C(C)(C)C)c2sc3cc4c(cc3c2c1)C(C)(C)c1c-4cccc1N(c1ccc2c(c1)C(C)(C)c1ccccc1-2)c1ccc2c(c1)oc1ccccc12. The number of fused-ring (bicyclic) bond motifs is 12. The van der Waals surface area contributed by atoms with E-state index in [1.165, 1.54) is 81.5 Å². The van der Waals surface area contributed by atoms with Crippen molar-refractivity contribution in [2.75, 3.05) is 4.90 Å². The minimum Gasteiger partial charge on any atom is -0.456 e. The number of thiophene rings is 1. The van der Waals surface area contributed by atoms with E-state index in [-0.39, 0.29) is 21.7 Å². The quantitative estimate of drug-likeness (QED) is 0.177. The van der Waals surface area contributed by atoms with Crippen molar-refractivity contribution < 1.29 is 4.42 Å². The van der Waals surface area contributed by atoms with E-state index in [1.54, 1.807) is 0 Å². The Kier molecular flexibility index (Phi) is 7.40. The zero-order valence-corrected chi connectivity index (χ0v) is 36.7. The van der Waals surface area contributed by atoms with E-state index in [2.05, 4.69) is 202 Å². The third kappa shape index (κ3) is 5.16. The molecule has 9 aromatic rings. The highest BCUT2D eigenvalue weighted by atomic mass is 32.1. The molecule has 2 aliphatic rings. The van der Waals surface area contributed by atoms with E-state index < -0.39 is 0 Å². The van der Waals surface area contributed by atoms with Gasteiger partial charge in [0.1, 0.15) is 11.2 Å². The molecule has 0 fully saturated rings. The molecule has 2 aliphatic carbocycles. The Morgan fingerprint density at radius 3 is 1.97 bits per heavy atom. The Labute approximate surface area is 352 Å². The molecule has 0 saturated carbocycles. The highest BCUT2D eigenvalue weighted by molar-refractivity contribution is 7.26. The molecule has 0 radical (unpaired) electrons. The Hall–Kier alpha value is -5.64. The number of hydrogen-bond donors (Lipinski definition) is 0. The van der Waals surface area contributed by atoms with Gasteiger partial charge in [0.15, 0.2) is 0 Å². The second-order valence-corrected chi connectivity index (χ2v) is 21.3. The Morgan fingerprint density at radius 2 is 1.17 bits per heavy atom. The number of rotatable bonds is 3. The third-order valence-corrected chi connectivity index (χ3v) is 14.9. The summed E-state index contributed by atoms with van der Waals surface area (Å²) in [6.07, 6.45) is 0. The molecular formula is C56H51NOS. The van der Waals surface area contributed by atoms with Crippen molar-refractivity contribution in [1.82, 2.24) is 0 Å². The number of nitrogens with zero attached hydrogens (tertiary/aromatic N) is 1. The summed E-state index contributed by atoms with van der Waals surface area (Å²) in [5, 5.41) is 5.04. The largest absolute Gasteiger partial charge is 0.456 e. The van der Waals surface area contributed by atoms with E-state index in [0.717, 1.165) is 33.3 Å². The Morgan fingerprint density at radius 1 is 0.492 bits per heavy atom. The monoisotopic (exact) mass is 785 g/mol. The molecule has 0 bridgehead atoms. The fourth-order valence-electron chi connectivity index (χ4n) is 10.5. The van der Waals surface area contributed by atoms with Gasteiger partial charge < -0.3 is 9.32 Å². The molecule has 0 spiro atoms. The maximum atomic E-state index is 6.55. The maximum absolute atomic E-state index is 6.55. The highest BCUT2D eigenvalue weighted by Gasteiger charge is 2.41. The Balaban J connectivity index is 1.15. The predicted octanol–water partition coefficient (Wildman–Crippen LogP) is 16.6. The lowest BCUT2D eigenvalue weighted by molar-refractivity contribution is 0.573. The van der Waals surface area contributed by atoms with Crippen molar-refractivity contribution in [2.45, 2.75) is 90.9 Å². The molecule has 2 heterocycles. The molecule has 2 aromatic heterocycles. The molecule has 0 aliphatic heterocycles. The molecule has 2 nitrogen and oxygen atoms in total. The number of anilines is 3. The standard InChI is InChI=1S/C56H51NOS/c1-53(2,3)32-26-42-41-30-45-40(31-50(41)59-52(42)46(27-32)54(4,5)6)39-18-15-20-47(51(39)56(45,9)10)57(34-23-25-38-37-17-12-14-21-48(37)58-49(38)29-34)33-22-24-36-35-16-11-13-19-43(35)55(7,8)44(36)28-33/h11-31H,1-10H3. The van der Waals surface area contributed by atoms with E-state index in [4.69, 9.17) is 4.42 Å². The molecule has 0 N–H and O–H groups in total. The van der Waals surface area contributed by atoms with Crippen LogP contribution < -0.4 is 4.90 Å². The fraction of sp³-hybridized carbons (Fsp3) is 0.250. The average Bonchev–Trinajstić information content (AvgIpc) is 3.88. The summed E-state index contributed by atoms with van der Waals surface area (Å²) in [5.41, 5.74) is 18.6. The zero-order valence-electron chi connectivity index (χ0n) is 35.9. The summed E-state index contributed by atoms with van der Waals surface area (Å²) >= 11 is 1.97. The first-order valence-corrected chi connectivity index (χ1v) is 22.0. The van der Waals surface area contributed by atoms with Crippen LogP contribution in [0.2, 0.25) is 0 Å². The summed E-state index contributed by atoms with van der Waals surface area (Å²) in [6.45, 7) is 23.7. The van der Waals surface area contributed by atoms with Crippen molar-refractivity contribution in [3.05, 3.63) is 161 Å². The zero-order chi connectivity index (χ0) is 41.0. The lowest BCUT2D eigenvalue weighted by Crippen LogP contribution is -2.21. The molecule has 7 aromatic carbocycles. The van der Waals surface area contributed by atoms with Crippen LogP contribution in [0, 0.1) is 0 Å². The van der Waals surface area contributed by atoms with E-state index in [1.807, 2.05) is 11.3 Å². The van der Waals surface area contributed by atoms with Crippen molar-refractivity contribution in [1.29, 1.82) is 0 Å². The van der Waals surface area contributed by atoms with Crippen LogP contribution in [0.1, 0.15) is 103 Å². The number of para-hydroxylation sites is 1. The van der Waals surface area contributed by atoms with Crippen molar-refractivity contribution >= 4 is 70.5 Å². The summed E-state index contributed by atoms with van der Waals surface area (Å²) in [4.78, 5) is 2.50. The Bertz CT molecular complexity index is 3240. The molecule has 0 unspecified atom stereocenters. The average molecular weight is 786 g/mol. The topological polar surface area (TPSA) is 16.4 Å². The summed E-state index contributed by atoms with van der Waals surface area (Å²) < 4.78 is 9.33. The van der Waals surface area contributed by atoms with Gasteiger partial charge in [-0.1, -0.05) is 136 Å². The second-order valence-electron chi connectivity index (χ2n) is 20.2. The van der Waals surface area contributed by atoms with Gasteiger partial charge in [0, 0.05) is 59.2 Å². The van der Waals surface area contributed by atoms with Crippen LogP contribution >= 0.6 is 11.3 Å². The van der Waals surface area contributed by atoms with Crippen LogP contribution in [0.5, 0.6) is 0 Å². The normalized spacial score (nSPS) is 15.2. The maximum Gasteiger partial charge on any atom is 0.137 e. The van der Waals surface area contributed by atoms with Crippen molar-refractivity contribution in [3.63, 3.8) is 0 Å². The lowest BCUT2D eigenvalue weighted by Gasteiger charge is -2.33. The van der Waals surface area contributed by atoms with E-state index in [0.29, 0.717) is 0 Å². The molecule has 0 amide bonds. The van der Waals surface area contributed by atoms with Crippen molar-refractivity contribution in [3.8, 4) is 22.3 Å². The predicted molar refractivity (Wildman–Crippen MR) is 254 cm³/mol. The van der Waals surface area contributed by atoms with Crippen LogP contribution in [0.15, 0.2) is 132 Å². The first kappa shape index (κ1) is 36.4. The molecule has 3 heteroatoms. The molecule has 0 saturated heterocycles. The molecule has 59 heavy (non-hydrogen) atoms. The van der Waals surface area contributed by atoms with Crippen LogP contribution in [0.3, 0.4) is 0 Å². The lowest BCUT2D eigenvalue weighted by atomic mass is 9.79. The van der Waals surface area contributed by atoms with Gasteiger partial charge in [-0.3, -0.25) is 0 Å². The van der Waals surface area contributed by atoms with E-state index >= 15 is 0 Å².